The Kier molecular flexibility index (Phi) is 5.58. The number of nitrogens with two attached hydrogens (primary N) is 1. The molecule has 156 valence electrons. The van der Waals surface area contributed by atoms with E-state index in [0.717, 1.165) is 11.8 Å². The van der Waals surface area contributed by atoms with Crippen LogP contribution in [0.4, 0.5) is 13.2 Å². The smallest absolute Gasteiger partial charge is 0.419 e. The van der Waals surface area contributed by atoms with Gasteiger partial charge < -0.3 is 10.5 Å². The molecule has 0 aliphatic heterocycles. The van der Waals surface area contributed by atoms with Crippen LogP contribution in [0.25, 0.3) is 16.8 Å². The topological polar surface area (TPSA) is 65.4 Å². The third-order valence-electron chi connectivity index (χ3n) is 4.51. The van der Waals surface area contributed by atoms with Crippen molar-refractivity contribution in [2.24, 2.45) is 11.7 Å². The highest BCUT2D eigenvalue weighted by atomic mass is 19.4. The summed E-state index contributed by atoms with van der Waals surface area (Å²) in [4.78, 5) is 4.37. The number of alkyl halides is 3. The van der Waals surface area contributed by atoms with E-state index in [4.69, 9.17) is 10.5 Å². The lowest BCUT2D eigenvalue weighted by Crippen LogP contribution is -2.43. The minimum atomic E-state index is -4.57. The van der Waals surface area contributed by atoms with Crippen LogP contribution in [-0.4, -0.2) is 26.7 Å². The minimum Gasteiger partial charge on any atom is -0.491 e. The summed E-state index contributed by atoms with van der Waals surface area (Å²) in [6, 6.07) is 5.68. The number of fused-ring (bicyclic) bond motifs is 1. The Morgan fingerprint density at radius 1 is 1.21 bits per heavy atom. The molecule has 0 saturated heterocycles. The van der Waals surface area contributed by atoms with Crippen molar-refractivity contribution in [3.63, 3.8) is 0 Å². The van der Waals surface area contributed by atoms with E-state index in [0.29, 0.717) is 29.1 Å². The van der Waals surface area contributed by atoms with Crippen molar-refractivity contribution in [3.8, 4) is 16.9 Å². The minimum absolute atomic E-state index is 0.00738. The van der Waals surface area contributed by atoms with Gasteiger partial charge in [-0.3, -0.25) is 0 Å². The lowest BCUT2D eigenvalue weighted by Gasteiger charge is -2.27. The number of aryl methyl sites for hydroxylation is 1. The monoisotopic (exact) mass is 406 g/mol. The molecule has 1 aromatic carbocycles. The second-order valence-electron chi connectivity index (χ2n) is 8.14. The van der Waals surface area contributed by atoms with Crippen molar-refractivity contribution < 1.29 is 17.9 Å². The third-order valence-corrected chi connectivity index (χ3v) is 4.51. The SMILES string of the molecule is Cc1cn2nccc(-c3ccc(OC[C@@](C)(N)CC(C)C)c(C(F)(F)F)c3)c2n1. The maximum Gasteiger partial charge on any atom is 0.419 e. The van der Waals surface area contributed by atoms with Crippen molar-refractivity contribution >= 4 is 5.65 Å². The van der Waals surface area contributed by atoms with Crippen LogP contribution in [0, 0.1) is 12.8 Å². The molecule has 0 fully saturated rings. The summed E-state index contributed by atoms with van der Waals surface area (Å²) in [5, 5.41) is 4.15. The molecule has 29 heavy (non-hydrogen) atoms. The van der Waals surface area contributed by atoms with E-state index in [1.165, 1.54) is 12.3 Å². The summed E-state index contributed by atoms with van der Waals surface area (Å²) in [5.74, 6) is 0.0800. The van der Waals surface area contributed by atoms with Crippen molar-refractivity contribution in [2.75, 3.05) is 6.61 Å². The molecule has 3 rings (SSSR count). The highest BCUT2D eigenvalue weighted by molar-refractivity contribution is 5.78. The molecule has 2 aromatic heterocycles. The first-order valence-corrected chi connectivity index (χ1v) is 9.40. The largest absolute Gasteiger partial charge is 0.491 e. The van der Waals surface area contributed by atoms with Gasteiger partial charge in [0, 0.05) is 17.3 Å². The quantitative estimate of drug-likeness (QED) is 0.635. The number of benzene rings is 1. The molecule has 0 saturated carbocycles. The van der Waals surface area contributed by atoms with Crippen LogP contribution in [0.15, 0.2) is 36.7 Å². The maximum atomic E-state index is 13.7. The van der Waals surface area contributed by atoms with Crippen molar-refractivity contribution in [2.45, 2.75) is 45.8 Å². The highest BCUT2D eigenvalue weighted by Gasteiger charge is 2.35. The van der Waals surface area contributed by atoms with Gasteiger partial charge in [0.05, 0.1) is 17.5 Å². The van der Waals surface area contributed by atoms with Gasteiger partial charge in [-0.15, -0.1) is 0 Å². The molecule has 8 heteroatoms. The summed E-state index contributed by atoms with van der Waals surface area (Å²) in [5.41, 5.74) is 6.81. The fraction of sp³-hybridized carbons (Fsp3) is 0.429. The van der Waals surface area contributed by atoms with Crippen molar-refractivity contribution in [1.29, 1.82) is 0 Å². The molecule has 3 aromatic rings. The van der Waals surface area contributed by atoms with Crippen LogP contribution in [0.1, 0.15) is 38.4 Å². The van der Waals surface area contributed by atoms with E-state index in [9.17, 15) is 13.2 Å². The standard InChI is InChI=1S/C21H25F3N4O/c1-13(2)10-20(4,25)12-29-18-6-5-15(9-17(18)21(22,23)24)16-7-8-26-28-11-14(3)27-19(16)28/h5-9,11,13H,10,12,25H2,1-4H3/t20-/m0/s1. The summed E-state index contributed by atoms with van der Waals surface area (Å²) < 4.78 is 48.3. The van der Waals surface area contributed by atoms with Crippen LogP contribution in [0.2, 0.25) is 0 Å². The van der Waals surface area contributed by atoms with Gasteiger partial charge >= 0.3 is 6.18 Å². The average molecular weight is 406 g/mol. The normalized spacial score (nSPS) is 14.4. The van der Waals surface area contributed by atoms with E-state index < -0.39 is 17.3 Å². The van der Waals surface area contributed by atoms with Crippen molar-refractivity contribution in [1.82, 2.24) is 14.6 Å². The Balaban J connectivity index is 1.98. The van der Waals surface area contributed by atoms with E-state index >= 15 is 0 Å². The van der Waals surface area contributed by atoms with Crippen molar-refractivity contribution in [3.05, 3.63) is 47.9 Å². The zero-order valence-corrected chi connectivity index (χ0v) is 16.9. The number of aromatic nitrogens is 3. The average Bonchev–Trinajstić information content (AvgIpc) is 2.98. The summed E-state index contributed by atoms with van der Waals surface area (Å²) in [6.45, 7) is 7.59. The molecule has 2 N–H and O–H groups in total. The summed E-state index contributed by atoms with van der Waals surface area (Å²) in [7, 11) is 0. The molecular formula is C21H25F3N4O. The molecule has 0 spiro atoms. The number of hydrogen-bond acceptors (Lipinski definition) is 4. The molecule has 2 heterocycles. The second-order valence-corrected chi connectivity index (χ2v) is 8.14. The Labute approximate surface area is 167 Å². The number of imidazole rings is 1. The zero-order valence-electron chi connectivity index (χ0n) is 16.9. The fourth-order valence-corrected chi connectivity index (χ4v) is 3.52. The number of nitrogens with zero attached hydrogens (tertiary/aromatic N) is 3. The zero-order chi connectivity index (χ0) is 21.4. The van der Waals surface area contributed by atoms with Gasteiger partial charge in [0.2, 0.25) is 0 Å². The van der Waals surface area contributed by atoms with E-state index in [1.807, 2.05) is 13.8 Å². The Bertz CT molecular complexity index is 1010. The molecule has 0 amide bonds. The first kappa shape index (κ1) is 21.1. The van der Waals surface area contributed by atoms with E-state index in [-0.39, 0.29) is 12.4 Å². The molecule has 5 nitrogen and oxygen atoms in total. The predicted octanol–water partition coefficient (Wildman–Crippen LogP) is 4.87. The van der Waals surface area contributed by atoms with Gasteiger partial charge in [-0.2, -0.15) is 18.3 Å². The van der Waals surface area contributed by atoms with Crippen LogP contribution >= 0.6 is 0 Å². The van der Waals surface area contributed by atoms with Gasteiger partial charge in [0.25, 0.3) is 0 Å². The molecular weight excluding hydrogens is 381 g/mol. The Morgan fingerprint density at radius 3 is 2.59 bits per heavy atom. The van der Waals surface area contributed by atoms with Gasteiger partial charge in [0.1, 0.15) is 12.4 Å². The number of ether oxygens (including phenoxy) is 1. The molecule has 0 bridgehead atoms. The second kappa shape index (κ2) is 7.67. The van der Waals surface area contributed by atoms with Gasteiger partial charge in [-0.1, -0.05) is 19.9 Å². The molecule has 0 aliphatic rings. The predicted molar refractivity (Wildman–Crippen MR) is 106 cm³/mol. The Morgan fingerprint density at radius 2 is 1.93 bits per heavy atom. The maximum absolute atomic E-state index is 13.7. The van der Waals surface area contributed by atoms with Gasteiger partial charge in [0.15, 0.2) is 5.65 Å². The van der Waals surface area contributed by atoms with Crippen LogP contribution in [-0.2, 0) is 6.18 Å². The van der Waals surface area contributed by atoms with Crippen LogP contribution in [0.3, 0.4) is 0 Å². The number of rotatable bonds is 6. The van der Waals surface area contributed by atoms with E-state index in [2.05, 4.69) is 10.1 Å². The molecule has 0 aliphatic carbocycles. The van der Waals surface area contributed by atoms with Crippen LogP contribution < -0.4 is 10.5 Å². The Hall–Kier alpha value is -2.61. The first-order chi connectivity index (χ1) is 13.5. The van der Waals surface area contributed by atoms with E-state index in [1.54, 1.807) is 36.7 Å². The van der Waals surface area contributed by atoms with Crippen LogP contribution in [0.5, 0.6) is 5.75 Å². The summed E-state index contributed by atoms with van der Waals surface area (Å²) >= 11 is 0. The molecule has 0 radical (unpaired) electrons. The molecule has 1 atom stereocenters. The number of halogens is 3. The summed E-state index contributed by atoms with van der Waals surface area (Å²) in [6.07, 6.45) is -0.672. The fourth-order valence-electron chi connectivity index (χ4n) is 3.52. The lowest BCUT2D eigenvalue weighted by atomic mass is 9.93. The van der Waals surface area contributed by atoms with Gasteiger partial charge in [-0.05, 0) is 49.9 Å². The number of hydrogen-bond donors (Lipinski definition) is 1. The third kappa shape index (κ3) is 4.87. The lowest BCUT2D eigenvalue weighted by molar-refractivity contribution is -0.139. The molecule has 0 unspecified atom stereocenters. The highest BCUT2D eigenvalue weighted by Crippen LogP contribution is 2.39. The van der Waals surface area contributed by atoms with Gasteiger partial charge in [-0.25, -0.2) is 9.50 Å². The first-order valence-electron chi connectivity index (χ1n) is 9.40.